The normalized spacial score (nSPS) is 17.0. The number of sulfone groups is 1. The van der Waals surface area contributed by atoms with Gasteiger partial charge in [-0.3, -0.25) is 4.79 Å². The van der Waals surface area contributed by atoms with Crippen molar-refractivity contribution < 1.29 is 27.4 Å². The molecule has 2 aromatic carbocycles. The number of phenolic OH excluding ortho intramolecular Hbond substituents is 1. The molecule has 3 aromatic rings. The van der Waals surface area contributed by atoms with Gasteiger partial charge in [0.1, 0.15) is 28.9 Å². The van der Waals surface area contributed by atoms with Crippen molar-refractivity contribution in [2.24, 2.45) is 11.8 Å². The van der Waals surface area contributed by atoms with E-state index in [1.807, 2.05) is 18.7 Å². The first-order valence-electron chi connectivity index (χ1n) is 13.0. The van der Waals surface area contributed by atoms with Crippen LogP contribution in [0, 0.1) is 17.7 Å². The van der Waals surface area contributed by atoms with Gasteiger partial charge in [0.2, 0.25) is 0 Å². The fraction of sp³-hybridized carbons (Fsp3) is 0.400. The first-order valence-corrected chi connectivity index (χ1v) is 14.7. The number of benzene rings is 2. The summed E-state index contributed by atoms with van der Waals surface area (Å²) in [5.41, 5.74) is 0.780. The second-order valence-corrected chi connectivity index (χ2v) is 13.3. The Bertz CT molecular complexity index is 1490. The van der Waals surface area contributed by atoms with Gasteiger partial charge in [-0.15, -0.1) is 0 Å². The lowest BCUT2D eigenvalue weighted by atomic mass is 9.97. The molecule has 1 fully saturated rings. The van der Waals surface area contributed by atoms with Crippen molar-refractivity contribution in [1.82, 2.24) is 4.98 Å². The predicted molar refractivity (Wildman–Crippen MR) is 150 cm³/mol. The molecule has 0 amide bonds. The number of hydrogen-bond donors (Lipinski definition) is 1. The minimum atomic E-state index is -4.02. The van der Waals surface area contributed by atoms with Crippen molar-refractivity contribution >= 4 is 21.4 Å². The zero-order chi connectivity index (χ0) is 28.5. The Hall–Kier alpha value is -3.46. The van der Waals surface area contributed by atoms with Gasteiger partial charge < -0.3 is 14.7 Å². The molecule has 0 radical (unpaired) electrons. The number of ketones is 1. The second kappa shape index (κ2) is 11.0. The molecule has 0 spiro atoms. The summed E-state index contributed by atoms with van der Waals surface area (Å²) in [7, 11) is -4.02. The maximum absolute atomic E-state index is 14.5. The highest BCUT2D eigenvalue weighted by molar-refractivity contribution is 7.92. The van der Waals surface area contributed by atoms with Crippen LogP contribution in [-0.2, 0) is 9.84 Å². The summed E-state index contributed by atoms with van der Waals surface area (Å²) in [5.74, 6) is -0.709. The fourth-order valence-electron chi connectivity index (χ4n) is 5.06. The molecule has 1 aromatic heterocycles. The average Bonchev–Trinajstić information content (AvgIpc) is 3.13. The monoisotopic (exact) mass is 554 g/mol. The number of aromatic hydroxyl groups is 1. The molecule has 0 bridgehead atoms. The van der Waals surface area contributed by atoms with E-state index in [-0.39, 0.29) is 27.7 Å². The van der Waals surface area contributed by atoms with Crippen LogP contribution in [0.4, 0.5) is 10.2 Å². The lowest BCUT2D eigenvalue weighted by molar-refractivity contribution is 0.102. The van der Waals surface area contributed by atoms with Gasteiger partial charge in [0, 0.05) is 23.7 Å². The van der Waals surface area contributed by atoms with E-state index >= 15 is 0 Å². The molecule has 1 saturated heterocycles. The van der Waals surface area contributed by atoms with Gasteiger partial charge in [0.25, 0.3) is 0 Å². The number of carbonyl (C=O) groups excluding carboxylic acids is 1. The third-order valence-electron chi connectivity index (χ3n) is 6.75. The Morgan fingerprint density at radius 1 is 1.18 bits per heavy atom. The van der Waals surface area contributed by atoms with Crippen molar-refractivity contribution in [3.05, 3.63) is 66.0 Å². The van der Waals surface area contributed by atoms with Gasteiger partial charge in [-0.05, 0) is 74.6 Å². The van der Waals surface area contributed by atoms with E-state index in [2.05, 4.69) is 20.8 Å². The molecule has 7 nitrogen and oxygen atoms in total. The zero-order valence-electron chi connectivity index (χ0n) is 22.9. The van der Waals surface area contributed by atoms with Crippen LogP contribution in [0.25, 0.3) is 11.3 Å². The van der Waals surface area contributed by atoms with Crippen molar-refractivity contribution in [1.29, 1.82) is 0 Å². The SMILES string of the molecule is CC(C)COc1cc(F)cc(-c2ccc(C(=O)CS(=O)(=O)c3cccc(O)c3)c(N3C[C@@H](C)CC3(C)C)n2)c1. The summed E-state index contributed by atoms with van der Waals surface area (Å²) in [5, 5.41) is 9.73. The number of carbonyl (C=O) groups is 1. The molecule has 0 unspecified atom stereocenters. The quantitative estimate of drug-likeness (QED) is 0.329. The lowest BCUT2D eigenvalue weighted by Crippen LogP contribution is -2.40. The average molecular weight is 555 g/mol. The largest absolute Gasteiger partial charge is 0.508 e. The summed E-state index contributed by atoms with van der Waals surface area (Å²) >= 11 is 0. The Labute approximate surface area is 229 Å². The number of rotatable bonds is 9. The molecule has 1 atom stereocenters. The third-order valence-corrected chi connectivity index (χ3v) is 8.37. The lowest BCUT2D eigenvalue weighted by Gasteiger charge is -2.34. The standard InChI is InChI=1S/C30H35FN2O5S/c1-19(2)17-38-24-12-21(11-22(31)13-24)27-10-9-26(29(32-27)33-16-20(3)15-30(33,4)5)28(35)18-39(36,37)25-8-6-7-23(34)14-25/h6-14,19-20,34H,15-18H2,1-5H3/t20-/m0/s1. The molecule has 0 aliphatic carbocycles. The molecular weight excluding hydrogens is 519 g/mol. The van der Waals surface area contributed by atoms with E-state index in [1.165, 1.54) is 30.3 Å². The highest BCUT2D eigenvalue weighted by Gasteiger charge is 2.39. The minimum Gasteiger partial charge on any atom is -0.508 e. The maximum atomic E-state index is 14.5. The van der Waals surface area contributed by atoms with Gasteiger partial charge in [0.15, 0.2) is 15.6 Å². The van der Waals surface area contributed by atoms with Crippen LogP contribution >= 0.6 is 0 Å². The Kier molecular flexibility index (Phi) is 8.02. The Morgan fingerprint density at radius 2 is 1.92 bits per heavy atom. The highest BCUT2D eigenvalue weighted by atomic mass is 32.2. The van der Waals surface area contributed by atoms with Crippen molar-refractivity contribution in [2.45, 2.75) is 51.5 Å². The van der Waals surface area contributed by atoms with Gasteiger partial charge in [0.05, 0.1) is 22.8 Å². The summed E-state index contributed by atoms with van der Waals surface area (Å²) in [6.45, 7) is 11.3. The van der Waals surface area contributed by atoms with Crippen LogP contribution in [0.3, 0.4) is 0 Å². The summed E-state index contributed by atoms with van der Waals surface area (Å²) in [6, 6.07) is 12.8. The number of halogens is 1. The van der Waals surface area contributed by atoms with E-state index in [9.17, 15) is 22.7 Å². The molecule has 9 heteroatoms. The van der Waals surface area contributed by atoms with Crippen LogP contribution in [-0.4, -0.2) is 48.7 Å². The van der Waals surface area contributed by atoms with E-state index in [0.29, 0.717) is 41.9 Å². The van der Waals surface area contributed by atoms with E-state index in [0.717, 1.165) is 12.5 Å². The molecule has 208 valence electrons. The van der Waals surface area contributed by atoms with Gasteiger partial charge in [-0.2, -0.15) is 0 Å². The van der Waals surface area contributed by atoms with Crippen molar-refractivity contribution in [3.63, 3.8) is 0 Å². The van der Waals surface area contributed by atoms with Gasteiger partial charge in [-0.25, -0.2) is 17.8 Å². The summed E-state index contributed by atoms with van der Waals surface area (Å²) < 4.78 is 46.3. The van der Waals surface area contributed by atoms with Gasteiger partial charge in [-0.1, -0.05) is 26.8 Å². The summed E-state index contributed by atoms with van der Waals surface area (Å²) in [6.07, 6.45) is 0.862. The van der Waals surface area contributed by atoms with Crippen LogP contribution in [0.15, 0.2) is 59.5 Å². The number of nitrogens with zero attached hydrogens (tertiary/aromatic N) is 2. The highest BCUT2D eigenvalue weighted by Crippen LogP contribution is 2.39. The maximum Gasteiger partial charge on any atom is 0.185 e. The number of pyridine rings is 1. The molecule has 39 heavy (non-hydrogen) atoms. The molecule has 1 aliphatic heterocycles. The number of phenols is 1. The van der Waals surface area contributed by atoms with Crippen LogP contribution < -0.4 is 9.64 Å². The topological polar surface area (TPSA) is 96.8 Å². The smallest absolute Gasteiger partial charge is 0.185 e. The van der Waals surface area contributed by atoms with E-state index in [4.69, 9.17) is 9.72 Å². The fourth-order valence-corrected chi connectivity index (χ4v) is 6.31. The van der Waals surface area contributed by atoms with Crippen molar-refractivity contribution in [2.75, 3.05) is 23.8 Å². The minimum absolute atomic E-state index is 0.134. The predicted octanol–water partition coefficient (Wildman–Crippen LogP) is 5.91. The Balaban J connectivity index is 1.76. The third kappa shape index (κ3) is 6.58. The van der Waals surface area contributed by atoms with Crippen LogP contribution in [0.5, 0.6) is 11.5 Å². The first kappa shape index (κ1) is 28.5. The number of ether oxygens (including phenoxy) is 1. The zero-order valence-corrected chi connectivity index (χ0v) is 23.8. The number of Topliss-reactive ketones (excluding diaryl/α,β-unsaturated/α-hetero) is 1. The number of aromatic nitrogens is 1. The molecular formula is C30H35FN2O5S. The van der Waals surface area contributed by atoms with Gasteiger partial charge >= 0.3 is 0 Å². The molecule has 4 rings (SSSR count). The van der Waals surface area contributed by atoms with Crippen LogP contribution in [0.2, 0.25) is 0 Å². The van der Waals surface area contributed by atoms with E-state index < -0.39 is 27.2 Å². The summed E-state index contributed by atoms with van der Waals surface area (Å²) in [4.78, 5) is 20.2. The second-order valence-electron chi connectivity index (χ2n) is 11.4. The molecule has 0 saturated carbocycles. The van der Waals surface area contributed by atoms with Crippen LogP contribution in [0.1, 0.15) is 51.4 Å². The number of hydrogen-bond acceptors (Lipinski definition) is 7. The van der Waals surface area contributed by atoms with Crippen molar-refractivity contribution in [3.8, 4) is 22.8 Å². The molecule has 1 N–H and O–H groups in total. The molecule has 1 aliphatic rings. The molecule has 2 heterocycles. The van der Waals surface area contributed by atoms with E-state index in [1.54, 1.807) is 18.2 Å². The first-order chi connectivity index (χ1) is 18.2. The Morgan fingerprint density at radius 3 is 2.56 bits per heavy atom. The number of anilines is 1.